The molecule has 0 aliphatic carbocycles. The number of sulfonamides is 1. The van der Waals surface area contributed by atoms with Crippen molar-refractivity contribution in [2.24, 2.45) is 5.92 Å². The number of anilines is 1. The molecule has 0 saturated heterocycles. The third-order valence-corrected chi connectivity index (χ3v) is 7.98. The molecule has 0 aliphatic rings. The van der Waals surface area contributed by atoms with Gasteiger partial charge >= 0.3 is 0 Å². The van der Waals surface area contributed by atoms with Crippen LogP contribution in [-0.2, 0) is 26.2 Å². The lowest BCUT2D eigenvalue weighted by Gasteiger charge is -2.32. The van der Waals surface area contributed by atoms with E-state index in [9.17, 15) is 18.0 Å². The molecule has 202 valence electrons. The van der Waals surface area contributed by atoms with Crippen molar-refractivity contribution < 1.29 is 18.0 Å². The van der Waals surface area contributed by atoms with Crippen LogP contribution >= 0.6 is 0 Å². The van der Waals surface area contributed by atoms with Crippen LogP contribution in [0.1, 0.15) is 37.5 Å². The summed E-state index contributed by atoms with van der Waals surface area (Å²) >= 11 is 0. The summed E-state index contributed by atoms with van der Waals surface area (Å²) in [5, 5.41) is 2.90. The Hall–Kier alpha value is -3.65. The van der Waals surface area contributed by atoms with Gasteiger partial charge in [-0.15, -0.1) is 0 Å². The van der Waals surface area contributed by atoms with Crippen molar-refractivity contribution in [2.45, 2.75) is 52.1 Å². The van der Waals surface area contributed by atoms with Gasteiger partial charge in [-0.25, -0.2) is 8.42 Å². The van der Waals surface area contributed by atoms with Gasteiger partial charge in [-0.2, -0.15) is 0 Å². The number of hydrogen-bond donors (Lipinski definition) is 1. The number of hydrogen-bond acceptors (Lipinski definition) is 4. The Labute approximate surface area is 226 Å². The van der Waals surface area contributed by atoms with E-state index in [1.54, 1.807) is 43.3 Å². The highest BCUT2D eigenvalue weighted by Gasteiger charge is 2.32. The fourth-order valence-electron chi connectivity index (χ4n) is 4.07. The molecule has 3 aromatic rings. The zero-order valence-electron chi connectivity index (χ0n) is 22.7. The molecule has 3 aromatic carbocycles. The first-order valence-corrected chi connectivity index (χ1v) is 14.2. The van der Waals surface area contributed by atoms with Gasteiger partial charge in [-0.05, 0) is 62.1 Å². The van der Waals surface area contributed by atoms with Crippen LogP contribution in [0.15, 0.2) is 83.8 Å². The molecular weight excluding hydrogens is 498 g/mol. The lowest BCUT2D eigenvalue weighted by molar-refractivity contribution is -0.139. The highest BCUT2D eigenvalue weighted by Crippen LogP contribution is 2.25. The third kappa shape index (κ3) is 7.44. The number of carbonyl (C=O) groups is 2. The van der Waals surface area contributed by atoms with Crippen molar-refractivity contribution in [1.29, 1.82) is 0 Å². The number of carbonyl (C=O) groups excluding carboxylic acids is 2. The molecule has 8 heteroatoms. The first kappa shape index (κ1) is 28.9. The van der Waals surface area contributed by atoms with Crippen LogP contribution in [0, 0.1) is 19.8 Å². The number of rotatable bonds is 11. The summed E-state index contributed by atoms with van der Waals surface area (Å²) in [6.07, 6.45) is 0. The van der Waals surface area contributed by atoms with Crippen molar-refractivity contribution in [3.05, 3.63) is 95.6 Å². The Morgan fingerprint density at radius 1 is 0.842 bits per heavy atom. The SMILES string of the molecule is Cc1cccc(CN(C(=O)CN(c2cccc(C)c2)S(=O)(=O)c2ccccc2)[C@@H](C)C(=O)NCC(C)C)c1. The molecule has 0 fully saturated rings. The van der Waals surface area contributed by atoms with Gasteiger partial charge < -0.3 is 10.2 Å². The van der Waals surface area contributed by atoms with Crippen LogP contribution in [0.2, 0.25) is 0 Å². The minimum Gasteiger partial charge on any atom is -0.354 e. The lowest BCUT2D eigenvalue weighted by Crippen LogP contribution is -2.51. The Bertz CT molecular complexity index is 1360. The maximum absolute atomic E-state index is 13.9. The molecule has 2 amide bonds. The molecule has 0 saturated carbocycles. The summed E-state index contributed by atoms with van der Waals surface area (Å²) in [5.41, 5.74) is 3.13. The second-order valence-corrected chi connectivity index (χ2v) is 11.9. The van der Waals surface area contributed by atoms with Crippen LogP contribution < -0.4 is 9.62 Å². The van der Waals surface area contributed by atoms with Gasteiger partial charge in [0, 0.05) is 13.1 Å². The molecule has 1 N–H and O–H groups in total. The molecule has 0 aromatic heterocycles. The van der Waals surface area contributed by atoms with E-state index in [1.807, 2.05) is 58.0 Å². The quantitative estimate of drug-likeness (QED) is 0.386. The molecule has 7 nitrogen and oxygen atoms in total. The van der Waals surface area contributed by atoms with Gasteiger partial charge in [0.25, 0.3) is 10.0 Å². The zero-order chi connectivity index (χ0) is 27.9. The monoisotopic (exact) mass is 535 g/mol. The van der Waals surface area contributed by atoms with E-state index in [2.05, 4.69) is 5.32 Å². The molecule has 0 radical (unpaired) electrons. The summed E-state index contributed by atoms with van der Waals surface area (Å²) in [5.74, 6) is -0.507. The number of benzene rings is 3. The third-order valence-electron chi connectivity index (χ3n) is 6.19. The minimum atomic E-state index is -4.06. The van der Waals surface area contributed by atoms with Crippen LogP contribution in [-0.4, -0.2) is 44.3 Å². The normalized spacial score (nSPS) is 12.2. The Kier molecular flexibility index (Phi) is 9.69. The summed E-state index contributed by atoms with van der Waals surface area (Å²) in [7, 11) is -4.06. The highest BCUT2D eigenvalue weighted by atomic mass is 32.2. The number of amides is 2. The van der Waals surface area contributed by atoms with Gasteiger partial charge in [0.15, 0.2) is 0 Å². The molecule has 0 unspecified atom stereocenters. The van der Waals surface area contributed by atoms with Gasteiger partial charge in [-0.3, -0.25) is 13.9 Å². The molecule has 38 heavy (non-hydrogen) atoms. The lowest BCUT2D eigenvalue weighted by atomic mass is 10.1. The van der Waals surface area contributed by atoms with E-state index in [0.29, 0.717) is 12.2 Å². The second-order valence-electron chi connectivity index (χ2n) is 9.99. The first-order chi connectivity index (χ1) is 18.0. The fourth-order valence-corrected chi connectivity index (χ4v) is 5.50. The predicted octanol–water partition coefficient (Wildman–Crippen LogP) is 4.69. The zero-order valence-corrected chi connectivity index (χ0v) is 23.5. The van der Waals surface area contributed by atoms with Crippen LogP contribution in [0.3, 0.4) is 0 Å². The van der Waals surface area contributed by atoms with E-state index in [-0.39, 0.29) is 23.3 Å². The van der Waals surface area contributed by atoms with Crippen molar-refractivity contribution in [1.82, 2.24) is 10.2 Å². The maximum Gasteiger partial charge on any atom is 0.264 e. The van der Waals surface area contributed by atoms with Crippen LogP contribution in [0.4, 0.5) is 5.69 Å². The predicted molar refractivity (Wildman–Crippen MR) is 151 cm³/mol. The van der Waals surface area contributed by atoms with E-state index >= 15 is 0 Å². The van der Waals surface area contributed by atoms with E-state index in [4.69, 9.17) is 0 Å². The van der Waals surface area contributed by atoms with Crippen molar-refractivity contribution in [3.8, 4) is 0 Å². The summed E-state index contributed by atoms with van der Waals surface area (Å²) in [4.78, 5) is 28.5. The molecule has 1 atom stereocenters. The van der Waals surface area contributed by atoms with E-state index < -0.39 is 28.5 Å². The van der Waals surface area contributed by atoms with Crippen molar-refractivity contribution in [2.75, 3.05) is 17.4 Å². The number of nitrogens with zero attached hydrogens (tertiary/aromatic N) is 2. The average molecular weight is 536 g/mol. The fraction of sp³-hybridized carbons (Fsp3) is 0.333. The summed E-state index contributed by atoms with van der Waals surface area (Å²) < 4.78 is 28.6. The maximum atomic E-state index is 13.9. The first-order valence-electron chi connectivity index (χ1n) is 12.8. The molecular formula is C30H37N3O4S. The van der Waals surface area contributed by atoms with Gasteiger partial charge in [0.05, 0.1) is 10.6 Å². The Morgan fingerprint density at radius 3 is 2.08 bits per heavy atom. The Morgan fingerprint density at radius 2 is 1.47 bits per heavy atom. The molecule has 0 spiro atoms. The average Bonchev–Trinajstić information content (AvgIpc) is 2.88. The van der Waals surface area contributed by atoms with E-state index in [0.717, 1.165) is 21.0 Å². The van der Waals surface area contributed by atoms with Gasteiger partial charge in [0.2, 0.25) is 11.8 Å². The number of aryl methyl sites for hydroxylation is 2. The summed E-state index contributed by atoms with van der Waals surface area (Å²) in [6, 6.07) is 22.0. The minimum absolute atomic E-state index is 0.0854. The topological polar surface area (TPSA) is 86.8 Å². The van der Waals surface area contributed by atoms with Crippen molar-refractivity contribution in [3.63, 3.8) is 0 Å². The smallest absolute Gasteiger partial charge is 0.264 e. The number of nitrogens with one attached hydrogen (secondary N) is 1. The van der Waals surface area contributed by atoms with E-state index in [1.165, 1.54) is 17.0 Å². The van der Waals surface area contributed by atoms with Crippen LogP contribution in [0.5, 0.6) is 0 Å². The molecule has 3 rings (SSSR count). The molecule has 0 heterocycles. The Balaban J connectivity index is 2.00. The molecule has 0 bridgehead atoms. The highest BCUT2D eigenvalue weighted by molar-refractivity contribution is 7.92. The standard InChI is InChI=1S/C30H37N3O4S/c1-22(2)19-31-30(35)25(5)32(20-26-13-9-11-23(3)17-26)29(34)21-33(27-14-10-12-24(4)18-27)38(36,37)28-15-7-6-8-16-28/h6-18,22,25H,19-21H2,1-5H3,(H,31,35)/t25-/m0/s1. The summed E-state index contributed by atoms with van der Waals surface area (Å²) in [6.45, 7) is 9.69. The van der Waals surface area contributed by atoms with Gasteiger partial charge in [0.1, 0.15) is 12.6 Å². The van der Waals surface area contributed by atoms with Crippen LogP contribution in [0.25, 0.3) is 0 Å². The molecule has 0 aliphatic heterocycles. The second kappa shape index (κ2) is 12.7. The van der Waals surface area contributed by atoms with Gasteiger partial charge in [-0.1, -0.05) is 74.0 Å². The van der Waals surface area contributed by atoms with Crippen molar-refractivity contribution >= 4 is 27.5 Å². The largest absolute Gasteiger partial charge is 0.354 e.